The van der Waals surface area contributed by atoms with Crippen molar-refractivity contribution in [3.8, 4) is 0 Å². The van der Waals surface area contributed by atoms with E-state index in [2.05, 4.69) is 0 Å². The Labute approximate surface area is 104 Å². The molecule has 0 saturated heterocycles. The highest BCUT2D eigenvalue weighted by Gasteiger charge is 2.23. The number of hydrogen-bond donors (Lipinski definition) is 0. The molecule has 2 rings (SSSR count). The molecular weight excluding hydrogens is 232 g/mol. The molecule has 1 unspecified atom stereocenters. The van der Waals surface area contributed by atoms with E-state index in [0.717, 1.165) is 4.90 Å². The van der Waals surface area contributed by atoms with E-state index < -0.39 is 11.2 Å². The van der Waals surface area contributed by atoms with Crippen LogP contribution in [0.2, 0.25) is 0 Å². The summed E-state index contributed by atoms with van der Waals surface area (Å²) in [4.78, 5) is 12.8. The zero-order valence-corrected chi connectivity index (χ0v) is 10.3. The zero-order chi connectivity index (χ0) is 12.1. The quantitative estimate of drug-likeness (QED) is 0.777. The van der Waals surface area contributed by atoms with E-state index in [1.807, 2.05) is 54.8 Å². The third-order valence-corrected chi connectivity index (χ3v) is 3.62. The Morgan fingerprint density at radius 1 is 0.941 bits per heavy atom. The van der Waals surface area contributed by atoms with Gasteiger partial charge in [0, 0.05) is 0 Å². The molecule has 0 bridgehead atoms. The standard InChI is InChI=1S/C14H13O2S/c1-17(13-10-6-3-7-11-13)16-14(15)12-8-4-2-5-9-12/h2-11H,1H3/q+1. The van der Waals surface area contributed by atoms with Gasteiger partial charge >= 0.3 is 5.97 Å². The second-order valence-electron chi connectivity index (χ2n) is 3.50. The van der Waals surface area contributed by atoms with Crippen LogP contribution in [0.3, 0.4) is 0 Å². The molecule has 0 N–H and O–H groups in total. The van der Waals surface area contributed by atoms with Crippen LogP contribution in [-0.2, 0) is 15.4 Å². The molecule has 0 aliphatic heterocycles. The van der Waals surface area contributed by atoms with E-state index in [0.29, 0.717) is 5.56 Å². The Morgan fingerprint density at radius 2 is 1.47 bits per heavy atom. The van der Waals surface area contributed by atoms with Crippen LogP contribution in [0.15, 0.2) is 65.6 Å². The Morgan fingerprint density at radius 3 is 2.06 bits per heavy atom. The monoisotopic (exact) mass is 245 g/mol. The summed E-state index contributed by atoms with van der Waals surface area (Å²) >= 11 is -0.514. The van der Waals surface area contributed by atoms with Gasteiger partial charge in [0.25, 0.3) is 0 Å². The van der Waals surface area contributed by atoms with Crippen molar-refractivity contribution < 1.29 is 8.98 Å². The van der Waals surface area contributed by atoms with Gasteiger partial charge in [0.1, 0.15) is 6.26 Å². The van der Waals surface area contributed by atoms with Crippen LogP contribution in [0.25, 0.3) is 0 Å². The van der Waals surface area contributed by atoms with Gasteiger partial charge in [0.2, 0.25) is 16.1 Å². The van der Waals surface area contributed by atoms with Gasteiger partial charge in [-0.05, 0) is 24.3 Å². The fourth-order valence-corrected chi connectivity index (χ4v) is 2.36. The molecule has 0 saturated carbocycles. The minimum atomic E-state index is -0.514. The van der Waals surface area contributed by atoms with E-state index in [-0.39, 0.29) is 5.97 Å². The minimum Gasteiger partial charge on any atom is -0.240 e. The molecule has 0 heterocycles. The molecule has 1 atom stereocenters. The SMILES string of the molecule is C[S+](OC(=O)c1ccccc1)c1ccccc1. The van der Waals surface area contributed by atoms with Crippen LogP contribution >= 0.6 is 0 Å². The van der Waals surface area contributed by atoms with Crippen molar-refractivity contribution >= 4 is 17.1 Å². The topological polar surface area (TPSA) is 26.3 Å². The number of rotatable bonds is 3. The predicted molar refractivity (Wildman–Crippen MR) is 69.9 cm³/mol. The Hall–Kier alpha value is -1.74. The summed E-state index contributed by atoms with van der Waals surface area (Å²) in [5.41, 5.74) is 0.586. The molecule has 3 heteroatoms. The first-order chi connectivity index (χ1) is 8.27. The van der Waals surface area contributed by atoms with Crippen LogP contribution in [0.4, 0.5) is 0 Å². The van der Waals surface area contributed by atoms with Crippen LogP contribution in [0, 0.1) is 0 Å². The Bertz CT molecular complexity index is 482. The second kappa shape index (κ2) is 5.55. The van der Waals surface area contributed by atoms with Gasteiger partial charge in [-0.25, -0.2) is 8.98 Å². The lowest BCUT2D eigenvalue weighted by Crippen LogP contribution is -2.12. The molecular formula is C14H13O2S+. The molecule has 86 valence electrons. The van der Waals surface area contributed by atoms with Gasteiger partial charge in [-0.2, -0.15) is 0 Å². The van der Waals surface area contributed by atoms with Crippen molar-refractivity contribution in [2.45, 2.75) is 4.90 Å². The van der Waals surface area contributed by atoms with Crippen LogP contribution in [-0.4, -0.2) is 12.2 Å². The molecule has 2 nitrogen and oxygen atoms in total. The maximum absolute atomic E-state index is 11.8. The first kappa shape index (κ1) is 11.7. The van der Waals surface area contributed by atoms with Gasteiger partial charge in [0.05, 0.1) is 5.56 Å². The van der Waals surface area contributed by atoms with Crippen LogP contribution < -0.4 is 0 Å². The molecule has 0 radical (unpaired) electrons. The lowest BCUT2D eigenvalue weighted by molar-refractivity contribution is 0.0761. The summed E-state index contributed by atoms with van der Waals surface area (Å²) in [7, 11) is 0. The first-order valence-electron chi connectivity index (χ1n) is 5.26. The average molecular weight is 245 g/mol. The molecule has 0 fully saturated rings. The Kier molecular flexibility index (Phi) is 3.83. The summed E-state index contributed by atoms with van der Waals surface area (Å²) in [5.74, 6) is -0.278. The largest absolute Gasteiger partial charge is 0.395 e. The van der Waals surface area contributed by atoms with Crippen molar-refractivity contribution in [3.05, 3.63) is 66.2 Å². The van der Waals surface area contributed by atoms with Crippen molar-refractivity contribution in [3.63, 3.8) is 0 Å². The maximum atomic E-state index is 11.8. The van der Waals surface area contributed by atoms with Gasteiger partial charge in [-0.3, -0.25) is 0 Å². The van der Waals surface area contributed by atoms with E-state index in [4.69, 9.17) is 4.18 Å². The third kappa shape index (κ3) is 3.11. The van der Waals surface area contributed by atoms with E-state index in [9.17, 15) is 4.79 Å². The summed E-state index contributed by atoms with van der Waals surface area (Å²) in [6.45, 7) is 0. The summed E-state index contributed by atoms with van der Waals surface area (Å²) in [6.07, 6.45) is 1.90. The van der Waals surface area contributed by atoms with E-state index in [1.165, 1.54) is 0 Å². The lowest BCUT2D eigenvalue weighted by atomic mass is 10.2. The van der Waals surface area contributed by atoms with Gasteiger partial charge < -0.3 is 0 Å². The summed E-state index contributed by atoms with van der Waals surface area (Å²) < 4.78 is 5.41. The fourth-order valence-electron chi connectivity index (χ4n) is 1.40. The van der Waals surface area contributed by atoms with Crippen molar-refractivity contribution in [2.75, 3.05) is 6.26 Å². The normalized spacial score (nSPS) is 11.8. The summed E-state index contributed by atoms with van der Waals surface area (Å²) in [6, 6.07) is 18.8. The molecule has 2 aromatic carbocycles. The number of benzene rings is 2. The number of carbonyl (C=O) groups excluding carboxylic acids is 1. The molecule has 0 aliphatic rings. The average Bonchev–Trinajstić information content (AvgIpc) is 2.40. The smallest absolute Gasteiger partial charge is 0.240 e. The fraction of sp³-hybridized carbons (Fsp3) is 0.0714. The van der Waals surface area contributed by atoms with Crippen molar-refractivity contribution in [1.82, 2.24) is 0 Å². The minimum absolute atomic E-state index is 0.278. The van der Waals surface area contributed by atoms with Crippen molar-refractivity contribution in [1.29, 1.82) is 0 Å². The molecule has 17 heavy (non-hydrogen) atoms. The maximum Gasteiger partial charge on any atom is 0.395 e. The first-order valence-corrected chi connectivity index (χ1v) is 6.82. The van der Waals surface area contributed by atoms with Crippen molar-refractivity contribution in [2.24, 2.45) is 0 Å². The molecule has 0 aromatic heterocycles. The van der Waals surface area contributed by atoms with Crippen LogP contribution in [0.1, 0.15) is 10.4 Å². The zero-order valence-electron chi connectivity index (χ0n) is 9.50. The number of hydrogen-bond acceptors (Lipinski definition) is 2. The Balaban J connectivity index is 2.05. The molecule has 0 spiro atoms. The van der Waals surface area contributed by atoms with E-state index >= 15 is 0 Å². The molecule has 0 aliphatic carbocycles. The summed E-state index contributed by atoms with van der Waals surface area (Å²) in [5, 5.41) is 0. The number of carbonyl (C=O) groups is 1. The van der Waals surface area contributed by atoms with Crippen LogP contribution in [0.5, 0.6) is 0 Å². The highest BCUT2D eigenvalue weighted by Crippen LogP contribution is 2.14. The highest BCUT2D eigenvalue weighted by molar-refractivity contribution is 7.92. The third-order valence-electron chi connectivity index (χ3n) is 2.29. The van der Waals surface area contributed by atoms with Gasteiger partial charge in [-0.1, -0.05) is 36.4 Å². The van der Waals surface area contributed by atoms with Gasteiger partial charge in [0.15, 0.2) is 0 Å². The second-order valence-corrected chi connectivity index (χ2v) is 5.05. The molecule has 0 amide bonds. The molecule has 2 aromatic rings. The lowest BCUT2D eigenvalue weighted by Gasteiger charge is -2.01. The van der Waals surface area contributed by atoms with Gasteiger partial charge in [-0.15, -0.1) is 0 Å². The predicted octanol–water partition coefficient (Wildman–Crippen LogP) is 3.07. The van der Waals surface area contributed by atoms with E-state index in [1.54, 1.807) is 12.1 Å². The highest BCUT2D eigenvalue weighted by atomic mass is 32.2.